The highest BCUT2D eigenvalue weighted by atomic mass is 35.5. The first-order chi connectivity index (χ1) is 17.5. The zero-order valence-corrected chi connectivity index (χ0v) is 21.3. The molecule has 0 saturated carbocycles. The summed E-state index contributed by atoms with van der Waals surface area (Å²) in [6.07, 6.45) is 1.79. The molecule has 36 heavy (non-hydrogen) atoms. The van der Waals surface area contributed by atoms with Gasteiger partial charge in [0.1, 0.15) is 5.56 Å². The number of thioether (sulfide) groups is 1. The molecule has 5 aromatic rings. The van der Waals surface area contributed by atoms with Gasteiger partial charge in [-0.2, -0.15) is 0 Å². The summed E-state index contributed by atoms with van der Waals surface area (Å²) in [6, 6.07) is 26.7. The average Bonchev–Trinajstić information content (AvgIpc) is 3.42. The van der Waals surface area contributed by atoms with Crippen LogP contribution in [-0.2, 0) is 7.05 Å². The molecule has 0 atom stereocenters. The SMILES string of the molecule is Cc1c(C(=O)CSc2ncc(-c3ccc(Cl)cc3)n2-c2ccccc2)c(=O)n(-c2ccccc2)n1C. The van der Waals surface area contributed by atoms with E-state index in [1.807, 2.05) is 89.5 Å². The minimum absolute atomic E-state index is 0.0821. The van der Waals surface area contributed by atoms with E-state index in [-0.39, 0.29) is 22.7 Å². The number of Topliss-reactive ketones (excluding diaryl/α,β-unsaturated/α-hetero) is 1. The molecule has 0 fully saturated rings. The minimum atomic E-state index is -0.319. The highest BCUT2D eigenvalue weighted by Gasteiger charge is 2.23. The third-order valence-electron chi connectivity index (χ3n) is 6.05. The molecule has 0 amide bonds. The minimum Gasteiger partial charge on any atom is -0.293 e. The Morgan fingerprint density at radius 3 is 2.17 bits per heavy atom. The van der Waals surface area contributed by atoms with Crippen LogP contribution in [0.25, 0.3) is 22.6 Å². The van der Waals surface area contributed by atoms with Gasteiger partial charge in [-0.05, 0) is 43.3 Å². The number of nitrogens with zero attached hydrogens (tertiary/aromatic N) is 4. The van der Waals surface area contributed by atoms with Gasteiger partial charge < -0.3 is 0 Å². The van der Waals surface area contributed by atoms with Crippen molar-refractivity contribution in [1.82, 2.24) is 18.9 Å². The van der Waals surface area contributed by atoms with Crippen LogP contribution < -0.4 is 5.56 Å². The second kappa shape index (κ2) is 10.0. The second-order valence-corrected chi connectivity index (χ2v) is 9.63. The first-order valence-corrected chi connectivity index (χ1v) is 12.7. The molecular weight excluding hydrogens is 492 g/mol. The topological polar surface area (TPSA) is 61.8 Å². The number of hydrogen-bond donors (Lipinski definition) is 0. The van der Waals surface area contributed by atoms with Gasteiger partial charge in [0.05, 0.1) is 23.3 Å². The fourth-order valence-corrected chi connectivity index (χ4v) is 5.17. The summed E-state index contributed by atoms with van der Waals surface area (Å²) in [6.45, 7) is 1.79. The van der Waals surface area contributed by atoms with Crippen molar-refractivity contribution >= 4 is 29.1 Å². The van der Waals surface area contributed by atoms with Crippen molar-refractivity contribution in [1.29, 1.82) is 0 Å². The largest absolute Gasteiger partial charge is 0.293 e. The normalized spacial score (nSPS) is 11.1. The summed E-state index contributed by atoms with van der Waals surface area (Å²) in [5.74, 6) is -0.151. The van der Waals surface area contributed by atoms with Crippen LogP contribution in [0.3, 0.4) is 0 Å². The first kappa shape index (κ1) is 23.9. The van der Waals surface area contributed by atoms with Crippen molar-refractivity contribution in [2.45, 2.75) is 12.1 Å². The first-order valence-electron chi connectivity index (χ1n) is 11.3. The zero-order valence-electron chi connectivity index (χ0n) is 19.8. The molecule has 2 aromatic heterocycles. The Balaban J connectivity index is 1.48. The molecule has 8 heteroatoms. The molecule has 2 heterocycles. The van der Waals surface area contributed by atoms with E-state index < -0.39 is 0 Å². The van der Waals surface area contributed by atoms with Crippen molar-refractivity contribution in [3.05, 3.63) is 118 Å². The Labute approximate surface area is 217 Å². The Kier molecular flexibility index (Phi) is 6.67. The maximum absolute atomic E-state index is 13.3. The molecule has 3 aromatic carbocycles. The smallest absolute Gasteiger partial charge is 0.282 e. The monoisotopic (exact) mass is 514 g/mol. The number of aromatic nitrogens is 4. The van der Waals surface area contributed by atoms with Crippen LogP contribution in [0.15, 0.2) is 101 Å². The van der Waals surface area contributed by atoms with Crippen molar-refractivity contribution in [3.8, 4) is 22.6 Å². The highest BCUT2D eigenvalue weighted by molar-refractivity contribution is 7.99. The summed E-state index contributed by atoms with van der Waals surface area (Å²) in [7, 11) is 1.79. The molecular formula is C28H23ClN4O2S. The molecule has 6 nitrogen and oxygen atoms in total. The number of hydrogen-bond acceptors (Lipinski definition) is 4. The molecule has 0 radical (unpaired) electrons. The maximum atomic E-state index is 13.3. The van der Waals surface area contributed by atoms with Crippen LogP contribution in [0.1, 0.15) is 16.1 Å². The van der Waals surface area contributed by atoms with Crippen LogP contribution in [0.5, 0.6) is 0 Å². The Bertz CT molecular complexity index is 1590. The Morgan fingerprint density at radius 2 is 1.53 bits per heavy atom. The summed E-state index contributed by atoms with van der Waals surface area (Å²) >= 11 is 7.40. The van der Waals surface area contributed by atoms with E-state index in [2.05, 4.69) is 4.98 Å². The number of carbonyl (C=O) groups excluding carboxylic acids is 1. The molecule has 0 N–H and O–H groups in total. The summed E-state index contributed by atoms with van der Waals surface area (Å²) in [5, 5.41) is 1.32. The van der Waals surface area contributed by atoms with E-state index in [4.69, 9.17) is 11.6 Å². The van der Waals surface area contributed by atoms with Gasteiger partial charge in [-0.15, -0.1) is 0 Å². The zero-order chi connectivity index (χ0) is 25.2. The fourth-order valence-electron chi connectivity index (χ4n) is 4.18. The molecule has 0 bridgehead atoms. The lowest BCUT2D eigenvalue weighted by atomic mass is 10.1. The molecule has 0 spiro atoms. The predicted molar refractivity (Wildman–Crippen MR) is 145 cm³/mol. The average molecular weight is 515 g/mol. The van der Waals surface area contributed by atoms with Gasteiger partial charge in [0.2, 0.25) is 0 Å². The lowest BCUT2D eigenvalue weighted by Gasteiger charge is -2.12. The van der Waals surface area contributed by atoms with Gasteiger partial charge in [-0.3, -0.25) is 18.8 Å². The van der Waals surface area contributed by atoms with E-state index in [9.17, 15) is 9.59 Å². The van der Waals surface area contributed by atoms with Crippen molar-refractivity contribution in [2.75, 3.05) is 5.75 Å². The van der Waals surface area contributed by atoms with E-state index in [0.29, 0.717) is 21.6 Å². The molecule has 0 aliphatic rings. The standard InChI is InChI=1S/C28H23ClN4O2S/c1-19-26(27(35)33(31(19)2)23-11-7-4-8-12-23)25(34)18-36-28-30-17-24(20-13-15-21(29)16-14-20)32(28)22-9-5-3-6-10-22/h3-17H,18H2,1-2H3. The highest BCUT2D eigenvalue weighted by Crippen LogP contribution is 2.31. The van der Waals surface area contributed by atoms with E-state index in [1.54, 1.807) is 24.9 Å². The third kappa shape index (κ3) is 4.43. The summed E-state index contributed by atoms with van der Waals surface area (Å²) in [4.78, 5) is 31.2. The van der Waals surface area contributed by atoms with Crippen molar-refractivity contribution in [3.63, 3.8) is 0 Å². The Hall–Kier alpha value is -3.81. The lowest BCUT2D eigenvalue weighted by Crippen LogP contribution is -2.23. The number of para-hydroxylation sites is 2. The van der Waals surface area contributed by atoms with Crippen LogP contribution in [0.2, 0.25) is 5.02 Å². The van der Waals surface area contributed by atoms with Gasteiger partial charge in [0, 0.05) is 29.0 Å². The van der Waals surface area contributed by atoms with Gasteiger partial charge in [-0.1, -0.05) is 71.9 Å². The quantitative estimate of drug-likeness (QED) is 0.198. The lowest BCUT2D eigenvalue weighted by molar-refractivity contribution is 0.102. The molecule has 0 aliphatic heterocycles. The van der Waals surface area contributed by atoms with Crippen LogP contribution in [0, 0.1) is 6.92 Å². The second-order valence-electron chi connectivity index (χ2n) is 8.25. The number of ketones is 1. The van der Waals surface area contributed by atoms with Crippen LogP contribution >= 0.6 is 23.4 Å². The molecule has 0 saturated heterocycles. The third-order valence-corrected chi connectivity index (χ3v) is 7.25. The Morgan fingerprint density at radius 1 is 0.917 bits per heavy atom. The van der Waals surface area contributed by atoms with Gasteiger partial charge in [0.15, 0.2) is 10.9 Å². The molecule has 180 valence electrons. The molecule has 0 aliphatic carbocycles. The van der Waals surface area contributed by atoms with Crippen molar-refractivity contribution < 1.29 is 4.79 Å². The van der Waals surface area contributed by atoms with Gasteiger partial charge >= 0.3 is 0 Å². The molecule has 5 rings (SSSR count). The molecule has 0 unspecified atom stereocenters. The van der Waals surface area contributed by atoms with E-state index in [1.165, 1.54) is 16.4 Å². The summed E-state index contributed by atoms with van der Waals surface area (Å²) < 4.78 is 5.26. The fraction of sp³-hybridized carbons (Fsp3) is 0.107. The maximum Gasteiger partial charge on any atom is 0.282 e. The van der Waals surface area contributed by atoms with E-state index in [0.717, 1.165) is 16.9 Å². The van der Waals surface area contributed by atoms with Crippen LogP contribution in [0.4, 0.5) is 0 Å². The van der Waals surface area contributed by atoms with Gasteiger partial charge in [0.25, 0.3) is 5.56 Å². The summed E-state index contributed by atoms with van der Waals surface area (Å²) in [5.41, 5.74) is 3.99. The predicted octanol–water partition coefficient (Wildman–Crippen LogP) is 5.97. The number of imidazole rings is 1. The number of benzene rings is 3. The van der Waals surface area contributed by atoms with Crippen molar-refractivity contribution in [2.24, 2.45) is 7.05 Å². The number of halogens is 1. The van der Waals surface area contributed by atoms with Crippen LogP contribution in [-0.4, -0.2) is 30.5 Å². The number of carbonyl (C=O) groups is 1. The number of rotatable bonds is 7. The van der Waals surface area contributed by atoms with Gasteiger partial charge in [-0.25, -0.2) is 9.67 Å². The van der Waals surface area contributed by atoms with E-state index >= 15 is 0 Å².